The van der Waals surface area contributed by atoms with Gasteiger partial charge in [0.05, 0.1) is 19.8 Å². The number of nitrogens with zero attached hydrogens (tertiary/aromatic N) is 3. The average molecular weight is 479 g/mol. The Labute approximate surface area is 206 Å². The van der Waals surface area contributed by atoms with Crippen molar-refractivity contribution in [1.29, 1.82) is 0 Å². The lowest BCUT2D eigenvalue weighted by atomic mass is 10.0. The number of aromatic nitrogens is 2. The maximum absolute atomic E-state index is 12.7. The number of methoxy groups -OCH3 is 1. The van der Waals surface area contributed by atoms with Crippen molar-refractivity contribution in [2.75, 3.05) is 33.4 Å². The summed E-state index contributed by atoms with van der Waals surface area (Å²) in [7, 11) is 1.69. The van der Waals surface area contributed by atoms with Crippen LogP contribution in [-0.4, -0.2) is 54.3 Å². The van der Waals surface area contributed by atoms with Gasteiger partial charge in [-0.3, -0.25) is 9.69 Å². The van der Waals surface area contributed by atoms with Crippen molar-refractivity contribution in [1.82, 2.24) is 20.4 Å². The molecule has 0 unspecified atom stereocenters. The zero-order chi connectivity index (χ0) is 24.5. The van der Waals surface area contributed by atoms with E-state index in [0.717, 1.165) is 35.7 Å². The summed E-state index contributed by atoms with van der Waals surface area (Å²) in [5, 5.41) is 7.17. The lowest BCUT2D eigenvalue weighted by Crippen LogP contribution is -2.40. The van der Waals surface area contributed by atoms with E-state index in [-0.39, 0.29) is 18.4 Å². The third kappa shape index (κ3) is 6.60. The molecule has 0 spiro atoms. The molecule has 1 saturated heterocycles. The first-order chi connectivity index (χ1) is 17.2. The zero-order valence-corrected chi connectivity index (χ0v) is 20.5. The molecule has 0 radical (unpaired) electrons. The minimum Gasteiger partial charge on any atom is -0.496 e. The van der Waals surface area contributed by atoms with Crippen LogP contribution in [0.15, 0.2) is 53.1 Å². The minimum atomic E-state index is -0.0391. The number of piperidine rings is 1. The van der Waals surface area contributed by atoms with Gasteiger partial charge in [0.2, 0.25) is 17.6 Å². The van der Waals surface area contributed by atoms with Crippen molar-refractivity contribution in [3.8, 4) is 22.9 Å². The summed E-state index contributed by atoms with van der Waals surface area (Å²) in [5.41, 5.74) is 1.95. The van der Waals surface area contributed by atoms with Gasteiger partial charge in [0.1, 0.15) is 11.5 Å². The second kappa shape index (κ2) is 12.4. The highest BCUT2D eigenvalue weighted by Crippen LogP contribution is 2.31. The second-order valence-corrected chi connectivity index (χ2v) is 8.63. The number of rotatable bonds is 11. The number of hydrogen-bond acceptors (Lipinski definition) is 7. The maximum atomic E-state index is 12.7. The van der Waals surface area contributed by atoms with Crippen LogP contribution in [0.25, 0.3) is 11.4 Å². The highest BCUT2D eigenvalue weighted by molar-refractivity contribution is 5.76. The predicted octanol–water partition coefficient (Wildman–Crippen LogP) is 4.42. The Morgan fingerprint density at radius 3 is 2.63 bits per heavy atom. The molecule has 1 atom stereocenters. The Bertz CT molecular complexity index is 1080. The number of nitrogens with one attached hydrogen (secondary N) is 1. The number of amides is 1. The fraction of sp³-hybridized carbons (Fsp3) is 0.444. The van der Waals surface area contributed by atoms with E-state index in [0.29, 0.717) is 31.3 Å². The zero-order valence-electron chi connectivity index (χ0n) is 20.5. The molecule has 1 N–H and O–H groups in total. The molecule has 1 aliphatic heterocycles. The molecule has 2 aromatic carbocycles. The molecule has 0 saturated carbocycles. The summed E-state index contributed by atoms with van der Waals surface area (Å²) < 4.78 is 16.5. The van der Waals surface area contributed by atoms with Crippen LogP contribution in [-0.2, 0) is 11.2 Å². The van der Waals surface area contributed by atoms with Gasteiger partial charge in [-0.25, -0.2) is 0 Å². The van der Waals surface area contributed by atoms with E-state index in [1.807, 2.05) is 49.4 Å². The van der Waals surface area contributed by atoms with Crippen LogP contribution in [0.4, 0.5) is 0 Å². The van der Waals surface area contributed by atoms with Gasteiger partial charge in [0, 0.05) is 30.5 Å². The third-order valence-corrected chi connectivity index (χ3v) is 6.28. The monoisotopic (exact) mass is 478 g/mol. The van der Waals surface area contributed by atoms with Gasteiger partial charge in [0.15, 0.2) is 0 Å². The Morgan fingerprint density at radius 2 is 1.89 bits per heavy atom. The topological polar surface area (TPSA) is 89.7 Å². The molecular formula is C27H34N4O4. The van der Waals surface area contributed by atoms with Gasteiger partial charge in [-0.1, -0.05) is 29.8 Å². The number of para-hydroxylation sites is 1. The van der Waals surface area contributed by atoms with Crippen molar-refractivity contribution in [2.45, 2.75) is 45.1 Å². The van der Waals surface area contributed by atoms with E-state index in [1.165, 1.54) is 19.3 Å². The molecule has 4 rings (SSSR count). The number of ether oxygens (including phenoxy) is 2. The Balaban J connectivity index is 1.33. The minimum absolute atomic E-state index is 0.0391. The van der Waals surface area contributed by atoms with Crippen molar-refractivity contribution in [3.05, 3.63) is 60.0 Å². The van der Waals surface area contributed by atoms with E-state index in [1.54, 1.807) is 7.11 Å². The number of carbonyl (C=O) groups excluding carboxylic acids is 1. The molecule has 35 heavy (non-hydrogen) atoms. The van der Waals surface area contributed by atoms with Crippen molar-refractivity contribution >= 4 is 5.91 Å². The summed E-state index contributed by atoms with van der Waals surface area (Å²) in [6, 6.07) is 15.7. The molecule has 8 heteroatoms. The number of benzene rings is 2. The van der Waals surface area contributed by atoms with Gasteiger partial charge in [0.25, 0.3) is 0 Å². The third-order valence-electron chi connectivity index (χ3n) is 6.28. The van der Waals surface area contributed by atoms with E-state index in [9.17, 15) is 4.79 Å². The molecule has 1 aliphatic rings. The summed E-state index contributed by atoms with van der Waals surface area (Å²) in [4.78, 5) is 19.6. The molecule has 3 aromatic rings. The van der Waals surface area contributed by atoms with Crippen LogP contribution in [0.5, 0.6) is 11.5 Å². The highest BCUT2D eigenvalue weighted by atomic mass is 16.5. The second-order valence-electron chi connectivity index (χ2n) is 8.63. The maximum Gasteiger partial charge on any atom is 0.227 e. The van der Waals surface area contributed by atoms with Crippen LogP contribution < -0.4 is 14.8 Å². The van der Waals surface area contributed by atoms with Crippen LogP contribution >= 0.6 is 0 Å². The molecule has 2 heterocycles. The molecule has 8 nitrogen and oxygen atoms in total. The molecule has 1 aromatic heterocycles. The molecule has 186 valence electrons. The predicted molar refractivity (Wildman–Crippen MR) is 133 cm³/mol. The van der Waals surface area contributed by atoms with Crippen LogP contribution in [0.2, 0.25) is 0 Å². The summed E-state index contributed by atoms with van der Waals surface area (Å²) >= 11 is 0. The number of likely N-dealkylation sites (tertiary alicyclic amines) is 1. The average Bonchev–Trinajstić information content (AvgIpc) is 3.38. The van der Waals surface area contributed by atoms with E-state index < -0.39 is 0 Å². The van der Waals surface area contributed by atoms with Crippen LogP contribution in [0.3, 0.4) is 0 Å². The molecule has 1 amide bonds. The standard InChI is InChI=1S/C27H34N4O4/c1-3-34-21-13-11-20(12-14-21)27-29-26(35-30-27)16-15-25(32)28-19-23(31-17-7-4-8-18-31)22-9-5-6-10-24(22)33-2/h5-6,9-14,23H,3-4,7-8,15-19H2,1-2H3,(H,28,32)/t23-/m1/s1. The summed E-state index contributed by atoms with van der Waals surface area (Å²) in [5.74, 6) is 2.56. The highest BCUT2D eigenvalue weighted by Gasteiger charge is 2.25. The first kappa shape index (κ1) is 24.7. The fourth-order valence-corrected chi connectivity index (χ4v) is 4.47. The quantitative estimate of drug-likeness (QED) is 0.436. The SMILES string of the molecule is CCOc1ccc(-c2noc(CCC(=O)NC[C@H](c3ccccc3OC)N3CCCCC3)n2)cc1. The van der Waals surface area contributed by atoms with Crippen molar-refractivity contribution < 1.29 is 18.8 Å². The van der Waals surface area contributed by atoms with E-state index in [2.05, 4.69) is 26.4 Å². The van der Waals surface area contributed by atoms with Crippen LogP contribution in [0, 0.1) is 0 Å². The van der Waals surface area contributed by atoms with E-state index in [4.69, 9.17) is 14.0 Å². The van der Waals surface area contributed by atoms with Gasteiger partial charge >= 0.3 is 0 Å². The number of aryl methyl sites for hydroxylation is 1. The largest absolute Gasteiger partial charge is 0.496 e. The fourth-order valence-electron chi connectivity index (χ4n) is 4.47. The lowest BCUT2D eigenvalue weighted by Gasteiger charge is -2.35. The van der Waals surface area contributed by atoms with Gasteiger partial charge in [-0.2, -0.15) is 4.98 Å². The molecular weight excluding hydrogens is 444 g/mol. The van der Waals surface area contributed by atoms with Gasteiger partial charge < -0.3 is 19.3 Å². The normalized spacial score (nSPS) is 14.9. The Morgan fingerprint density at radius 1 is 1.11 bits per heavy atom. The van der Waals surface area contributed by atoms with Gasteiger partial charge in [-0.15, -0.1) is 0 Å². The summed E-state index contributed by atoms with van der Waals surface area (Å²) in [6.45, 7) is 5.14. The van der Waals surface area contributed by atoms with Crippen molar-refractivity contribution in [2.24, 2.45) is 0 Å². The summed E-state index contributed by atoms with van der Waals surface area (Å²) in [6.07, 6.45) is 4.27. The molecule has 1 fully saturated rings. The number of hydrogen-bond donors (Lipinski definition) is 1. The van der Waals surface area contributed by atoms with E-state index >= 15 is 0 Å². The van der Waals surface area contributed by atoms with Crippen molar-refractivity contribution in [3.63, 3.8) is 0 Å². The smallest absolute Gasteiger partial charge is 0.227 e. The van der Waals surface area contributed by atoms with Crippen LogP contribution in [0.1, 0.15) is 50.1 Å². The number of carbonyl (C=O) groups is 1. The van der Waals surface area contributed by atoms with Gasteiger partial charge in [-0.05, 0) is 63.2 Å². The molecule has 0 bridgehead atoms. The Kier molecular flexibility index (Phi) is 8.73. The Hall–Kier alpha value is -3.39. The lowest BCUT2D eigenvalue weighted by molar-refractivity contribution is -0.121. The first-order valence-corrected chi connectivity index (χ1v) is 12.4. The first-order valence-electron chi connectivity index (χ1n) is 12.4. The molecule has 0 aliphatic carbocycles.